The second-order valence-corrected chi connectivity index (χ2v) is 4.65. The molecule has 1 amide bonds. The van der Waals surface area contributed by atoms with Crippen molar-refractivity contribution < 1.29 is 14.3 Å². The van der Waals surface area contributed by atoms with Crippen molar-refractivity contribution in [3.8, 4) is 0 Å². The third-order valence-corrected chi connectivity index (χ3v) is 2.03. The van der Waals surface area contributed by atoms with Gasteiger partial charge in [0.05, 0.1) is 0 Å². The van der Waals surface area contributed by atoms with Gasteiger partial charge in [0.25, 0.3) is 0 Å². The Hall–Kier alpha value is -1.62. The maximum absolute atomic E-state index is 10.8. The van der Waals surface area contributed by atoms with Crippen LogP contribution in [0, 0.1) is 0 Å². The molecule has 1 saturated heterocycles. The monoisotopic (exact) mass is 254 g/mol. The van der Waals surface area contributed by atoms with Gasteiger partial charge in [-0.05, 0) is 33.4 Å². The number of amides is 1. The van der Waals surface area contributed by atoms with Gasteiger partial charge in [-0.15, -0.1) is 0 Å². The molecular weight excluding hydrogens is 232 g/mol. The number of ether oxygens (including phenoxy) is 1. The van der Waals surface area contributed by atoms with Gasteiger partial charge in [-0.3, -0.25) is 10.5 Å². The summed E-state index contributed by atoms with van der Waals surface area (Å²) in [5, 5.41) is 0. The summed E-state index contributed by atoms with van der Waals surface area (Å²) in [6, 6.07) is 0. The zero-order chi connectivity index (χ0) is 14.3. The molecule has 1 aliphatic heterocycles. The molecule has 0 aromatic carbocycles. The topological polar surface area (TPSA) is 72.6 Å². The lowest BCUT2D eigenvalue weighted by Gasteiger charge is -2.18. The van der Waals surface area contributed by atoms with Crippen molar-refractivity contribution in [2.24, 2.45) is 5.73 Å². The first-order chi connectivity index (χ1) is 8.17. The average Bonchev–Trinajstić information content (AvgIpc) is 2.62. The summed E-state index contributed by atoms with van der Waals surface area (Å²) in [5.74, 6) is -0.243. The third kappa shape index (κ3) is 6.85. The maximum Gasteiger partial charge on any atom is 0.334 e. The molecule has 0 aromatic rings. The van der Waals surface area contributed by atoms with E-state index in [9.17, 15) is 9.59 Å². The van der Waals surface area contributed by atoms with Crippen LogP contribution in [0.3, 0.4) is 0 Å². The number of nitrogens with zero attached hydrogens (tertiary/aromatic N) is 1. The number of hydrogen-bond acceptors (Lipinski definition) is 4. The molecule has 0 bridgehead atoms. The van der Waals surface area contributed by atoms with Crippen molar-refractivity contribution >= 4 is 11.9 Å². The van der Waals surface area contributed by atoms with Crippen molar-refractivity contribution in [3.63, 3.8) is 0 Å². The molecule has 102 valence electrons. The minimum Gasteiger partial charge on any atom is -0.441 e. The number of carbonyl (C=O) groups excluding carboxylic acids is 2. The van der Waals surface area contributed by atoms with Gasteiger partial charge in [0.15, 0.2) is 5.72 Å². The van der Waals surface area contributed by atoms with E-state index in [1.54, 1.807) is 31.9 Å². The van der Waals surface area contributed by atoms with Crippen LogP contribution in [0.15, 0.2) is 24.9 Å². The number of carbonyl (C=O) groups is 2. The predicted octanol–water partition coefficient (Wildman–Crippen LogP) is 1.55. The molecule has 0 atom stereocenters. The maximum atomic E-state index is 10.8. The molecule has 0 saturated carbocycles. The van der Waals surface area contributed by atoms with Crippen LogP contribution >= 0.6 is 0 Å². The molecule has 5 nitrogen and oxygen atoms in total. The van der Waals surface area contributed by atoms with Gasteiger partial charge in [0.2, 0.25) is 5.91 Å². The van der Waals surface area contributed by atoms with E-state index in [1.807, 2.05) is 0 Å². The molecule has 1 rings (SSSR count). The summed E-state index contributed by atoms with van der Waals surface area (Å²) >= 11 is 0. The Kier molecular flexibility index (Phi) is 6.33. The van der Waals surface area contributed by atoms with Crippen LogP contribution in [-0.2, 0) is 14.3 Å². The first kappa shape index (κ1) is 16.4. The Balaban J connectivity index is 0.000000327. The van der Waals surface area contributed by atoms with Gasteiger partial charge in [0.1, 0.15) is 0 Å². The molecule has 0 spiro atoms. The van der Waals surface area contributed by atoms with E-state index in [4.69, 9.17) is 10.5 Å². The highest BCUT2D eigenvalue weighted by atomic mass is 16.6. The zero-order valence-electron chi connectivity index (χ0n) is 11.4. The van der Waals surface area contributed by atoms with Crippen LogP contribution in [0.25, 0.3) is 0 Å². The van der Waals surface area contributed by atoms with Gasteiger partial charge in [0, 0.05) is 18.5 Å². The molecule has 5 heteroatoms. The molecule has 1 aliphatic rings. The number of hydrogen-bond donors (Lipinski definition) is 1. The quantitative estimate of drug-likeness (QED) is 0.471. The molecule has 18 heavy (non-hydrogen) atoms. The van der Waals surface area contributed by atoms with Crippen LogP contribution in [0.2, 0.25) is 0 Å². The number of likely N-dealkylation sites (tertiary alicyclic amines) is 1. The minimum atomic E-state index is -0.907. The first-order valence-electron chi connectivity index (χ1n) is 5.77. The van der Waals surface area contributed by atoms with E-state index in [0.29, 0.717) is 12.0 Å². The molecular formula is C13H22N2O3. The molecule has 0 aliphatic carbocycles. The molecule has 0 unspecified atom stereocenters. The van der Waals surface area contributed by atoms with Gasteiger partial charge in [-0.25, -0.2) is 4.79 Å². The Morgan fingerprint density at radius 1 is 1.56 bits per heavy atom. The number of nitrogens with two attached hydrogens (primary N) is 1. The normalized spacial score (nSPS) is 14.7. The van der Waals surface area contributed by atoms with Gasteiger partial charge < -0.3 is 9.64 Å². The first-order valence-corrected chi connectivity index (χ1v) is 5.77. The van der Waals surface area contributed by atoms with E-state index in [-0.39, 0.29) is 5.91 Å². The van der Waals surface area contributed by atoms with Crippen molar-refractivity contribution in [2.45, 2.75) is 39.3 Å². The largest absolute Gasteiger partial charge is 0.441 e. The smallest absolute Gasteiger partial charge is 0.334 e. The van der Waals surface area contributed by atoms with Crippen LogP contribution in [0.1, 0.15) is 33.6 Å². The average molecular weight is 254 g/mol. The van der Waals surface area contributed by atoms with E-state index >= 15 is 0 Å². The SMILES string of the molecule is C=C(C)C(=O)OC(C)(C)N.C=CN1CCCC1=O. The summed E-state index contributed by atoms with van der Waals surface area (Å²) in [7, 11) is 0. The number of esters is 1. The summed E-state index contributed by atoms with van der Waals surface area (Å²) < 4.78 is 4.74. The second kappa shape index (κ2) is 6.96. The second-order valence-electron chi connectivity index (χ2n) is 4.65. The Morgan fingerprint density at radius 2 is 2.11 bits per heavy atom. The fourth-order valence-electron chi connectivity index (χ4n) is 1.19. The van der Waals surface area contributed by atoms with Crippen LogP contribution in [-0.4, -0.2) is 29.0 Å². The van der Waals surface area contributed by atoms with Crippen molar-refractivity contribution in [2.75, 3.05) is 6.54 Å². The van der Waals surface area contributed by atoms with E-state index < -0.39 is 11.7 Å². The van der Waals surface area contributed by atoms with E-state index in [0.717, 1.165) is 13.0 Å². The van der Waals surface area contributed by atoms with Crippen LogP contribution < -0.4 is 5.73 Å². The molecule has 1 heterocycles. The number of rotatable bonds is 3. The molecule has 0 radical (unpaired) electrons. The van der Waals surface area contributed by atoms with Gasteiger partial charge in [-0.2, -0.15) is 0 Å². The van der Waals surface area contributed by atoms with Crippen LogP contribution in [0.4, 0.5) is 0 Å². The lowest BCUT2D eigenvalue weighted by Crippen LogP contribution is -2.37. The molecule has 1 fully saturated rings. The van der Waals surface area contributed by atoms with E-state index in [2.05, 4.69) is 13.2 Å². The lowest BCUT2D eigenvalue weighted by molar-refractivity contribution is -0.150. The van der Waals surface area contributed by atoms with Crippen molar-refractivity contribution in [3.05, 3.63) is 24.9 Å². The Labute approximate surface area is 108 Å². The van der Waals surface area contributed by atoms with Crippen LogP contribution in [0.5, 0.6) is 0 Å². The highest BCUT2D eigenvalue weighted by Gasteiger charge is 2.16. The predicted molar refractivity (Wildman–Crippen MR) is 70.3 cm³/mol. The van der Waals surface area contributed by atoms with Crippen molar-refractivity contribution in [1.82, 2.24) is 4.90 Å². The lowest BCUT2D eigenvalue weighted by atomic mass is 10.3. The third-order valence-electron chi connectivity index (χ3n) is 2.03. The molecule has 0 aromatic heterocycles. The van der Waals surface area contributed by atoms with E-state index in [1.165, 1.54) is 0 Å². The summed E-state index contributed by atoms with van der Waals surface area (Å²) in [6.45, 7) is 12.6. The Bertz CT molecular complexity index is 343. The summed E-state index contributed by atoms with van der Waals surface area (Å²) in [6.07, 6.45) is 3.28. The standard InChI is InChI=1S/C7H13NO2.C6H9NO/c1-5(2)6(9)10-7(3,4)8;1-2-7-5-3-4-6(7)8/h1,8H2,2-4H3;2H,1,3-5H2. The van der Waals surface area contributed by atoms with Gasteiger partial charge in [-0.1, -0.05) is 13.2 Å². The summed E-state index contributed by atoms with van der Waals surface area (Å²) in [4.78, 5) is 23.1. The summed E-state index contributed by atoms with van der Waals surface area (Å²) in [5.41, 5.74) is 4.84. The fourth-order valence-corrected chi connectivity index (χ4v) is 1.19. The highest BCUT2D eigenvalue weighted by molar-refractivity contribution is 5.87. The Morgan fingerprint density at radius 3 is 2.28 bits per heavy atom. The highest BCUT2D eigenvalue weighted by Crippen LogP contribution is 2.08. The molecule has 2 N–H and O–H groups in total. The van der Waals surface area contributed by atoms with Crippen molar-refractivity contribution in [1.29, 1.82) is 0 Å². The fraction of sp³-hybridized carbons (Fsp3) is 0.538. The zero-order valence-corrected chi connectivity index (χ0v) is 11.4. The van der Waals surface area contributed by atoms with Gasteiger partial charge >= 0.3 is 5.97 Å². The minimum absolute atomic E-state index is 0.208.